The lowest BCUT2D eigenvalue weighted by Crippen LogP contribution is -2.19. The Morgan fingerprint density at radius 1 is 1.50 bits per heavy atom. The van der Waals surface area contributed by atoms with E-state index in [9.17, 15) is 0 Å². The molecule has 1 heterocycles. The van der Waals surface area contributed by atoms with Crippen LogP contribution in [0.4, 0.5) is 11.6 Å². The Kier molecular flexibility index (Phi) is 3.23. The summed E-state index contributed by atoms with van der Waals surface area (Å²) >= 11 is 1.94. The van der Waals surface area contributed by atoms with E-state index in [1.54, 1.807) is 0 Å². The number of nitrogen functional groups attached to an aromatic ring is 1. The Bertz CT molecular complexity index is 376. The molecule has 0 amide bonds. The van der Waals surface area contributed by atoms with Crippen LogP contribution in [-0.4, -0.2) is 27.5 Å². The van der Waals surface area contributed by atoms with Crippen LogP contribution in [0.5, 0.6) is 0 Å². The van der Waals surface area contributed by atoms with E-state index >= 15 is 0 Å². The maximum atomic E-state index is 5.82. The molecule has 0 aromatic carbocycles. The zero-order valence-electron chi connectivity index (χ0n) is 9.79. The van der Waals surface area contributed by atoms with Gasteiger partial charge in [0.05, 0.1) is 0 Å². The average Bonchev–Trinajstić information content (AvgIpc) is 3.07. The highest BCUT2D eigenvalue weighted by molar-refractivity contribution is 8.00. The molecule has 1 fully saturated rings. The number of hydrogen-bond acceptors (Lipinski definition) is 5. The highest BCUT2D eigenvalue weighted by Crippen LogP contribution is 2.47. The third kappa shape index (κ3) is 2.24. The third-order valence-corrected chi connectivity index (χ3v) is 4.57. The predicted octanol–water partition coefficient (Wildman–Crippen LogP) is 1.93. The molecule has 16 heavy (non-hydrogen) atoms. The van der Waals surface area contributed by atoms with Gasteiger partial charge in [-0.1, -0.05) is 6.92 Å². The Hall–Kier alpha value is -0.970. The molecule has 5 heteroatoms. The molecule has 0 bridgehead atoms. The van der Waals surface area contributed by atoms with E-state index in [1.807, 2.05) is 11.8 Å². The fourth-order valence-corrected chi connectivity index (χ4v) is 2.49. The summed E-state index contributed by atoms with van der Waals surface area (Å²) in [6.07, 6.45) is 7.15. The van der Waals surface area contributed by atoms with Crippen LogP contribution in [0, 0.1) is 0 Å². The number of nitrogens with one attached hydrogen (secondary N) is 1. The molecule has 1 aliphatic carbocycles. The number of thioether (sulfide) groups is 1. The first-order chi connectivity index (χ1) is 7.71. The standard InChI is InChI=1S/C11H18N4S/c1-3-8-9(12)14-7-15-10(8)13-6-11(16-2)4-5-11/h7H,3-6H2,1-2H3,(H3,12,13,14,15). The minimum absolute atomic E-state index is 0.435. The summed E-state index contributed by atoms with van der Waals surface area (Å²) < 4.78 is 0.435. The summed E-state index contributed by atoms with van der Waals surface area (Å²) in [5.41, 5.74) is 6.85. The van der Waals surface area contributed by atoms with Crippen LogP contribution in [-0.2, 0) is 6.42 Å². The molecule has 0 spiro atoms. The predicted molar refractivity (Wildman–Crippen MR) is 69.8 cm³/mol. The second kappa shape index (κ2) is 4.49. The Balaban J connectivity index is 2.06. The van der Waals surface area contributed by atoms with Gasteiger partial charge in [-0.2, -0.15) is 11.8 Å². The molecule has 1 aromatic heterocycles. The van der Waals surface area contributed by atoms with Crippen molar-refractivity contribution in [3.63, 3.8) is 0 Å². The molecule has 0 unspecified atom stereocenters. The van der Waals surface area contributed by atoms with E-state index in [0.29, 0.717) is 10.6 Å². The molecular weight excluding hydrogens is 220 g/mol. The summed E-state index contributed by atoms with van der Waals surface area (Å²) in [6, 6.07) is 0. The van der Waals surface area contributed by atoms with E-state index in [0.717, 1.165) is 24.3 Å². The number of hydrogen-bond donors (Lipinski definition) is 2. The van der Waals surface area contributed by atoms with Crippen molar-refractivity contribution in [3.8, 4) is 0 Å². The van der Waals surface area contributed by atoms with Crippen molar-refractivity contribution in [1.29, 1.82) is 0 Å². The van der Waals surface area contributed by atoms with Gasteiger partial charge in [-0.05, 0) is 25.5 Å². The van der Waals surface area contributed by atoms with E-state index in [4.69, 9.17) is 5.73 Å². The fraction of sp³-hybridized carbons (Fsp3) is 0.636. The minimum Gasteiger partial charge on any atom is -0.383 e. The van der Waals surface area contributed by atoms with E-state index in [2.05, 4.69) is 28.5 Å². The van der Waals surface area contributed by atoms with Crippen molar-refractivity contribution in [2.24, 2.45) is 0 Å². The second-order valence-corrected chi connectivity index (χ2v) is 5.45. The average molecular weight is 238 g/mol. The quantitative estimate of drug-likeness (QED) is 0.820. The van der Waals surface area contributed by atoms with Gasteiger partial charge in [0.1, 0.15) is 18.0 Å². The van der Waals surface area contributed by atoms with Crippen molar-refractivity contribution in [2.75, 3.05) is 23.9 Å². The number of anilines is 2. The van der Waals surface area contributed by atoms with Crippen molar-refractivity contribution >= 4 is 23.4 Å². The van der Waals surface area contributed by atoms with E-state index in [1.165, 1.54) is 19.2 Å². The summed E-state index contributed by atoms with van der Waals surface area (Å²) in [5, 5.41) is 3.41. The topological polar surface area (TPSA) is 63.8 Å². The molecule has 3 N–H and O–H groups in total. The zero-order chi connectivity index (χ0) is 11.6. The number of nitrogens with zero attached hydrogens (tertiary/aromatic N) is 2. The Morgan fingerprint density at radius 3 is 2.81 bits per heavy atom. The molecule has 4 nitrogen and oxygen atoms in total. The number of nitrogens with two attached hydrogens (primary N) is 1. The first-order valence-electron chi connectivity index (χ1n) is 5.59. The van der Waals surface area contributed by atoms with Gasteiger partial charge in [-0.25, -0.2) is 9.97 Å². The van der Waals surface area contributed by atoms with Crippen molar-refractivity contribution in [3.05, 3.63) is 11.9 Å². The van der Waals surface area contributed by atoms with Gasteiger partial charge in [0.25, 0.3) is 0 Å². The van der Waals surface area contributed by atoms with E-state index < -0.39 is 0 Å². The van der Waals surface area contributed by atoms with Gasteiger partial charge in [-0.3, -0.25) is 0 Å². The highest BCUT2D eigenvalue weighted by Gasteiger charge is 2.41. The maximum Gasteiger partial charge on any atom is 0.134 e. The van der Waals surface area contributed by atoms with Crippen LogP contribution in [0.15, 0.2) is 6.33 Å². The van der Waals surface area contributed by atoms with Gasteiger partial charge in [0.2, 0.25) is 0 Å². The second-order valence-electron chi connectivity index (χ2n) is 4.18. The number of rotatable bonds is 5. The van der Waals surface area contributed by atoms with Crippen molar-refractivity contribution in [1.82, 2.24) is 9.97 Å². The smallest absolute Gasteiger partial charge is 0.134 e. The molecular formula is C11H18N4S. The molecule has 0 radical (unpaired) electrons. The Labute approximate surface area is 100 Å². The molecule has 0 atom stereocenters. The van der Waals surface area contributed by atoms with Crippen molar-refractivity contribution in [2.45, 2.75) is 30.9 Å². The van der Waals surface area contributed by atoms with Gasteiger partial charge < -0.3 is 11.1 Å². The molecule has 0 saturated heterocycles. The van der Waals surface area contributed by atoms with Gasteiger partial charge in [0, 0.05) is 16.9 Å². The normalized spacial score (nSPS) is 17.1. The molecule has 88 valence electrons. The van der Waals surface area contributed by atoms with Gasteiger partial charge >= 0.3 is 0 Å². The largest absolute Gasteiger partial charge is 0.383 e. The van der Waals surface area contributed by atoms with E-state index in [-0.39, 0.29) is 0 Å². The maximum absolute atomic E-state index is 5.82. The van der Waals surface area contributed by atoms with Gasteiger partial charge in [-0.15, -0.1) is 0 Å². The van der Waals surface area contributed by atoms with Crippen LogP contribution in [0.25, 0.3) is 0 Å². The zero-order valence-corrected chi connectivity index (χ0v) is 10.6. The molecule has 1 aliphatic rings. The van der Waals surface area contributed by atoms with Crippen LogP contribution >= 0.6 is 11.8 Å². The summed E-state index contributed by atoms with van der Waals surface area (Å²) in [4.78, 5) is 8.28. The Morgan fingerprint density at radius 2 is 2.25 bits per heavy atom. The molecule has 1 saturated carbocycles. The van der Waals surface area contributed by atoms with Crippen LogP contribution < -0.4 is 11.1 Å². The number of aromatic nitrogens is 2. The lowest BCUT2D eigenvalue weighted by molar-refractivity contribution is 0.926. The lowest BCUT2D eigenvalue weighted by Gasteiger charge is -2.15. The monoisotopic (exact) mass is 238 g/mol. The summed E-state index contributed by atoms with van der Waals surface area (Å²) in [7, 11) is 0. The molecule has 2 rings (SSSR count). The summed E-state index contributed by atoms with van der Waals surface area (Å²) in [6.45, 7) is 3.04. The minimum atomic E-state index is 0.435. The SMILES string of the molecule is CCc1c(N)ncnc1NCC1(SC)CC1. The molecule has 1 aromatic rings. The highest BCUT2D eigenvalue weighted by atomic mass is 32.2. The molecule has 0 aliphatic heterocycles. The first kappa shape index (κ1) is 11.5. The van der Waals surface area contributed by atoms with Crippen LogP contribution in [0.3, 0.4) is 0 Å². The first-order valence-corrected chi connectivity index (χ1v) is 6.81. The summed E-state index contributed by atoms with van der Waals surface area (Å²) in [5.74, 6) is 1.49. The van der Waals surface area contributed by atoms with Crippen LogP contribution in [0.2, 0.25) is 0 Å². The third-order valence-electron chi connectivity index (χ3n) is 3.15. The van der Waals surface area contributed by atoms with Crippen LogP contribution in [0.1, 0.15) is 25.3 Å². The van der Waals surface area contributed by atoms with Crippen molar-refractivity contribution < 1.29 is 0 Å². The lowest BCUT2D eigenvalue weighted by atomic mass is 10.2. The van der Waals surface area contributed by atoms with Gasteiger partial charge in [0.15, 0.2) is 0 Å². The fourth-order valence-electron chi connectivity index (χ4n) is 1.76.